The van der Waals surface area contributed by atoms with Crippen molar-refractivity contribution in [3.63, 3.8) is 0 Å². The molecule has 4 saturated heterocycles. The molecule has 4 heterocycles. The molecule has 0 aromatic rings. The number of carbonyl (C=O) groups excluding carboxylic acids is 2. The fraction of sp³-hybridized carbons (Fsp3) is 0.931. The second-order valence-corrected chi connectivity index (χ2v) is 13.2. The molecule has 0 aromatic heterocycles. The minimum atomic E-state index is -2.04. The summed E-state index contributed by atoms with van der Waals surface area (Å²) in [5.41, 5.74) is 0. The molecule has 4 fully saturated rings. The van der Waals surface area contributed by atoms with Gasteiger partial charge in [0.25, 0.3) is 0 Å². The Bertz CT molecular complexity index is 1190. The van der Waals surface area contributed by atoms with Crippen LogP contribution in [0, 0.1) is 0 Å². The number of ether oxygens (including phenoxy) is 7. The van der Waals surface area contributed by atoms with Crippen molar-refractivity contribution in [3.05, 3.63) is 0 Å². The van der Waals surface area contributed by atoms with Crippen LogP contribution in [0.1, 0.15) is 13.8 Å². The van der Waals surface area contributed by atoms with Gasteiger partial charge in [0.15, 0.2) is 38.4 Å². The maximum atomic E-state index is 12.3. The van der Waals surface area contributed by atoms with Crippen molar-refractivity contribution >= 4 is 11.8 Å². The molecule has 0 saturated carbocycles. The fourth-order valence-corrected chi connectivity index (χ4v) is 6.58. The Labute approximate surface area is 301 Å². The lowest BCUT2D eigenvalue weighted by Gasteiger charge is -2.50. The zero-order valence-electron chi connectivity index (χ0n) is 28.8. The number of nitrogens with one attached hydrogen (secondary N) is 2. The molecule has 20 atom stereocenters. The van der Waals surface area contributed by atoms with Gasteiger partial charge in [-0.3, -0.25) is 9.59 Å². The largest absolute Gasteiger partial charge is 0.394 e. The first kappa shape index (κ1) is 43.9. The zero-order chi connectivity index (χ0) is 39.5. The van der Waals surface area contributed by atoms with Gasteiger partial charge in [-0.05, 0) is 0 Å². The van der Waals surface area contributed by atoms with Crippen LogP contribution >= 0.6 is 0 Å². The fourth-order valence-electron chi connectivity index (χ4n) is 6.58. The van der Waals surface area contributed by atoms with Crippen molar-refractivity contribution in [1.29, 1.82) is 0 Å². The molecule has 0 spiro atoms. The van der Waals surface area contributed by atoms with Crippen LogP contribution in [0.25, 0.3) is 0 Å². The van der Waals surface area contributed by atoms with E-state index in [1.165, 1.54) is 4.52 Å². The average Bonchev–Trinajstić information content (AvgIpc) is 3.09. The molecule has 24 heteroatoms. The summed E-state index contributed by atoms with van der Waals surface area (Å²) in [6.07, 6.45) is -31.4. The van der Waals surface area contributed by atoms with Crippen LogP contribution in [0.5, 0.6) is 0 Å². The Morgan fingerprint density at radius 1 is 0.547 bits per heavy atom. The number of carbonyl (C=O) groups is 2. The maximum absolute atomic E-state index is 12.3. The summed E-state index contributed by atoms with van der Waals surface area (Å²) in [4.78, 5) is 24.0. The lowest BCUT2D eigenvalue weighted by Crippen LogP contribution is -2.70. The number of rotatable bonds is 13. The highest BCUT2D eigenvalue weighted by Crippen LogP contribution is 2.34. The van der Waals surface area contributed by atoms with Crippen molar-refractivity contribution in [3.8, 4) is 0 Å². The van der Waals surface area contributed by atoms with Gasteiger partial charge in [0, 0.05) is 13.8 Å². The van der Waals surface area contributed by atoms with Crippen LogP contribution in [-0.4, -0.2) is 229 Å². The number of aliphatic hydroxyl groups is 11. The molecular formula is C29H51N2O22+. The summed E-state index contributed by atoms with van der Waals surface area (Å²) in [6.45, 7) is -0.944. The van der Waals surface area contributed by atoms with E-state index in [1.54, 1.807) is 0 Å². The molecule has 308 valence electrons. The predicted molar refractivity (Wildman–Crippen MR) is 165 cm³/mol. The monoisotopic (exact) mass is 779 g/mol. The zero-order valence-corrected chi connectivity index (χ0v) is 28.8. The molecule has 2 amide bonds. The van der Waals surface area contributed by atoms with E-state index < -0.39 is 161 Å². The van der Waals surface area contributed by atoms with E-state index in [9.17, 15) is 71.0 Å². The van der Waals surface area contributed by atoms with Crippen LogP contribution in [0.4, 0.5) is 0 Å². The summed E-state index contributed by atoms with van der Waals surface area (Å²) < 4.78 is 40.9. The van der Waals surface area contributed by atoms with Gasteiger partial charge in [-0.25, -0.2) is 4.52 Å². The molecule has 4 aliphatic heterocycles. The second kappa shape index (κ2) is 18.9. The van der Waals surface area contributed by atoms with Crippen molar-refractivity contribution < 1.29 is 109 Å². The van der Waals surface area contributed by atoms with Crippen molar-refractivity contribution in [2.45, 2.75) is 137 Å². The van der Waals surface area contributed by atoms with E-state index in [4.69, 9.17) is 33.2 Å². The van der Waals surface area contributed by atoms with E-state index in [0.717, 1.165) is 21.0 Å². The van der Waals surface area contributed by atoms with E-state index in [0.29, 0.717) is 0 Å². The van der Waals surface area contributed by atoms with Gasteiger partial charge < -0.3 is 100.0 Å². The normalized spacial score (nSPS) is 46.6. The molecular weight excluding hydrogens is 728 g/mol. The Morgan fingerprint density at radius 2 is 1.00 bits per heavy atom. The summed E-state index contributed by atoms with van der Waals surface area (Å²) in [6, 6.07) is -3.10. The number of amides is 2. The van der Waals surface area contributed by atoms with Crippen LogP contribution in [0.2, 0.25) is 0 Å². The maximum Gasteiger partial charge on any atom is 0.217 e. The third-order valence-corrected chi connectivity index (χ3v) is 9.23. The molecule has 0 bridgehead atoms. The Balaban J connectivity index is 1.57. The molecule has 0 aliphatic carbocycles. The van der Waals surface area contributed by atoms with Gasteiger partial charge in [0.1, 0.15) is 91.4 Å². The predicted octanol–water partition coefficient (Wildman–Crippen LogP) is -8.80. The van der Waals surface area contributed by atoms with Crippen LogP contribution in [0.15, 0.2) is 0 Å². The van der Waals surface area contributed by atoms with Gasteiger partial charge in [0.05, 0.1) is 19.8 Å². The topological polar surface area (TPSA) is 368 Å². The van der Waals surface area contributed by atoms with Gasteiger partial charge in [-0.15, -0.1) is 5.26 Å². The minimum absolute atomic E-state index is 0.442. The van der Waals surface area contributed by atoms with Crippen LogP contribution in [0.3, 0.4) is 0 Å². The van der Waals surface area contributed by atoms with E-state index >= 15 is 0 Å². The first-order valence-electron chi connectivity index (χ1n) is 16.6. The standard InChI is InChI=1S/C29H50N2O22/c1-8(35)30-14-18(39)23(11(5-33)46-26(14)44)51-29-22(43)25(17(38)10(4-32)47-29)52-27-15(31-9(2)36)19(40)24(12(6-34)48-27)50-28-21(42)20(41)16(37)13(49-28)7-53(3)45/h10-29,32-34,37-45H,4-7H2,1-3H3,(H-,30,31,35,36)/p+1/t10-,11-,12-,13-,14-,15-,16+,17+,18-,19-,20+,21-,22-,23-,24-,25+,26-,27+,28+,29+/m1/s1. The average molecular weight is 780 g/mol. The molecule has 0 radical (unpaired) electrons. The van der Waals surface area contributed by atoms with Crippen molar-refractivity contribution in [1.82, 2.24) is 10.6 Å². The molecule has 4 aliphatic rings. The summed E-state index contributed by atoms with van der Waals surface area (Å²) >= 11 is 0. The quantitative estimate of drug-likeness (QED) is 0.0469. The lowest BCUT2D eigenvalue weighted by atomic mass is 9.94. The van der Waals surface area contributed by atoms with Gasteiger partial charge in [-0.2, -0.15) is 0 Å². The van der Waals surface area contributed by atoms with E-state index in [2.05, 4.69) is 10.6 Å². The van der Waals surface area contributed by atoms with E-state index in [1.807, 2.05) is 0 Å². The van der Waals surface area contributed by atoms with Gasteiger partial charge >= 0.3 is 0 Å². The van der Waals surface area contributed by atoms with Crippen LogP contribution < -0.4 is 10.6 Å². The highest BCUT2D eigenvalue weighted by Gasteiger charge is 2.56. The second-order valence-electron chi connectivity index (χ2n) is 13.2. The third-order valence-electron chi connectivity index (χ3n) is 9.23. The van der Waals surface area contributed by atoms with Crippen molar-refractivity contribution in [2.75, 3.05) is 33.5 Å². The molecule has 24 nitrogen and oxygen atoms in total. The summed E-state index contributed by atoms with van der Waals surface area (Å²) in [5, 5.41) is 131. The molecule has 0 unspecified atom stereocenters. The smallest absolute Gasteiger partial charge is 0.217 e. The van der Waals surface area contributed by atoms with Gasteiger partial charge in [-0.1, -0.05) is 0 Å². The first-order chi connectivity index (χ1) is 24.9. The Kier molecular flexibility index (Phi) is 15.6. The molecule has 53 heavy (non-hydrogen) atoms. The number of hydrogen-bond donors (Lipinski definition) is 14. The Morgan fingerprint density at radius 3 is 1.53 bits per heavy atom. The van der Waals surface area contributed by atoms with E-state index in [-0.39, 0.29) is 0 Å². The first-order valence-corrected chi connectivity index (χ1v) is 16.6. The molecule has 4 rings (SSSR count). The SMILES string of the molecule is CC(=O)N[C@@H]1[C@@H](O)[C@H](O[C@@H]2O[C@H](CO)[C@H](O)[C@H](O[C@@H]3O[C@H](CO)[C@@H](O[C@@H]4O[C@H](C[O+](C)O)[C@H](O)[C@H](O)[C@H]4O)[C@H](O)[C@H]3NC(C)=O)[C@H]2O)[C@@H](CO)O[C@H]1O. The van der Waals surface area contributed by atoms with Gasteiger partial charge in [0.2, 0.25) is 18.4 Å². The number of aliphatic hydroxyl groups excluding tert-OH is 11. The molecule has 0 aromatic carbocycles. The van der Waals surface area contributed by atoms with Crippen molar-refractivity contribution in [2.24, 2.45) is 0 Å². The highest BCUT2D eigenvalue weighted by atomic mass is 17.2. The Hall–Kier alpha value is -1.86. The summed E-state index contributed by atoms with van der Waals surface area (Å²) in [7, 11) is 1.14. The summed E-state index contributed by atoms with van der Waals surface area (Å²) in [5.74, 6) is -1.43. The lowest BCUT2D eigenvalue weighted by molar-refractivity contribution is -0.433. The number of hydrogen-bond acceptors (Lipinski definition) is 21. The highest BCUT2D eigenvalue weighted by molar-refractivity contribution is 5.73. The van der Waals surface area contributed by atoms with Crippen LogP contribution in [-0.2, 0) is 47.3 Å². The molecule has 14 N–H and O–H groups in total. The minimum Gasteiger partial charge on any atom is -0.394 e. The third kappa shape index (κ3) is 9.94.